The second kappa shape index (κ2) is 63.2. The van der Waals surface area contributed by atoms with E-state index in [9.17, 15) is 19.5 Å². The molecule has 0 aliphatic rings. The Kier molecular flexibility index (Phi) is 59.5. The zero-order chi connectivity index (χ0) is 60.5. The molecule has 83 heavy (non-hydrogen) atoms. The number of carboxylic acid groups (broad SMARTS) is 1. The summed E-state index contributed by atoms with van der Waals surface area (Å²) in [6.07, 6.45) is 89.2. The number of carboxylic acids is 1. The number of nitrogens with zero attached hydrogens (tertiary/aromatic N) is 1. The van der Waals surface area contributed by atoms with Gasteiger partial charge in [-0.2, -0.15) is 0 Å². The molecule has 9 nitrogen and oxygen atoms in total. The predicted molar refractivity (Wildman–Crippen MR) is 352 cm³/mol. The van der Waals surface area contributed by atoms with Gasteiger partial charge in [0.05, 0.1) is 40.3 Å². The topological polar surface area (TPSA) is 111 Å². The van der Waals surface area contributed by atoms with Gasteiger partial charge in [0.1, 0.15) is 13.2 Å². The number of esters is 2. The van der Waals surface area contributed by atoms with Gasteiger partial charge >= 0.3 is 11.9 Å². The molecule has 2 unspecified atom stereocenters. The molecule has 2 atom stereocenters. The van der Waals surface area contributed by atoms with Gasteiger partial charge in [-0.05, 0) is 116 Å². The fourth-order valence-corrected chi connectivity index (χ4v) is 8.60. The fraction of sp³-hybridized carbons (Fsp3) is 0.635. The van der Waals surface area contributed by atoms with E-state index in [2.05, 4.69) is 160 Å². The average Bonchev–Trinajstić information content (AvgIpc) is 3.46. The van der Waals surface area contributed by atoms with E-state index >= 15 is 0 Å². The highest BCUT2D eigenvalue weighted by atomic mass is 16.7. The third kappa shape index (κ3) is 64.6. The molecule has 0 spiro atoms. The van der Waals surface area contributed by atoms with Gasteiger partial charge in [0.15, 0.2) is 12.4 Å². The highest BCUT2D eigenvalue weighted by Gasteiger charge is 2.22. The van der Waals surface area contributed by atoms with Crippen LogP contribution < -0.4 is 5.11 Å². The lowest BCUT2D eigenvalue weighted by molar-refractivity contribution is -0.870. The number of ether oxygens (including phenoxy) is 4. The highest BCUT2D eigenvalue weighted by Crippen LogP contribution is 2.16. The van der Waals surface area contributed by atoms with Crippen molar-refractivity contribution in [2.24, 2.45) is 0 Å². The Balaban J connectivity index is 4.11. The molecule has 0 rings (SSSR count). The highest BCUT2D eigenvalue weighted by molar-refractivity contribution is 5.70. The van der Waals surface area contributed by atoms with Crippen LogP contribution in [0.2, 0.25) is 0 Å². The van der Waals surface area contributed by atoms with Crippen LogP contribution in [0.1, 0.15) is 245 Å². The van der Waals surface area contributed by atoms with E-state index in [1.54, 1.807) is 0 Å². The zero-order valence-electron chi connectivity index (χ0n) is 53.5. The monoisotopic (exact) mass is 1150 g/mol. The van der Waals surface area contributed by atoms with Crippen LogP contribution in [0.25, 0.3) is 0 Å². The minimum absolute atomic E-state index is 0.140. The van der Waals surface area contributed by atoms with E-state index in [0.29, 0.717) is 17.4 Å². The van der Waals surface area contributed by atoms with Crippen molar-refractivity contribution in [1.82, 2.24) is 0 Å². The standard InChI is InChI=1S/C74H121NO8/c1-6-8-10-12-14-16-18-20-22-24-25-26-27-28-29-30-31-32-33-34-35-36-37-38-39-40-41-42-43-44-45-46-47-49-51-53-55-57-59-61-63-65-72(77)83-70(69-82-74(73(78)79)80-67-66-75(3,4)5)68-81-71(76)64-62-60-58-56-54-52-50-48-23-21-19-17-15-13-11-9-7-2/h8-11,14-17,20-23,25-26,28-29,31-32,34-35,37-38,40-41,70,74H,6-7,12-13,18-19,24,27,30,33,36,39,42-69H2,1-5H3/b10-8-,11-9-,16-14-,17-15-,22-20-,23-21-,26-25-,29-28-,32-31-,35-34-,38-37-,41-40-. The maximum absolute atomic E-state index is 12.9. The number of hydrogen-bond acceptors (Lipinski definition) is 8. The summed E-state index contributed by atoms with van der Waals surface area (Å²) < 4.78 is 22.7. The van der Waals surface area contributed by atoms with Gasteiger partial charge in [-0.3, -0.25) is 9.59 Å². The maximum Gasteiger partial charge on any atom is 0.306 e. The SMILES string of the molecule is CC/C=C\C/C=C\C/C=C\C/C=C\C/C=C\C/C=C\C/C=C\C/C=C\C/C=C\CCCCCCCCCCCCCCCC(=O)OC(COC(=O)CCCCCCCCC/C=C\C/C=C\C/C=C\CC)COC(OCC[N+](C)(C)C)C(=O)[O-]. The Labute approximate surface area is 509 Å². The molecule has 0 fully saturated rings. The van der Waals surface area contributed by atoms with Crippen LogP contribution in [0.3, 0.4) is 0 Å². The minimum Gasteiger partial charge on any atom is -0.545 e. The summed E-state index contributed by atoms with van der Waals surface area (Å²) in [6, 6.07) is 0. The number of aliphatic carboxylic acids is 1. The summed E-state index contributed by atoms with van der Waals surface area (Å²) in [5.74, 6) is -2.31. The van der Waals surface area contributed by atoms with Crippen LogP contribution in [0, 0.1) is 0 Å². The second-order valence-electron chi connectivity index (χ2n) is 22.6. The molecule has 0 saturated carbocycles. The molecular formula is C74H121NO8. The van der Waals surface area contributed by atoms with Crippen LogP contribution in [-0.4, -0.2) is 82.3 Å². The van der Waals surface area contributed by atoms with Gasteiger partial charge in [-0.25, -0.2) is 0 Å². The summed E-state index contributed by atoms with van der Waals surface area (Å²) >= 11 is 0. The molecular weight excluding hydrogens is 1030 g/mol. The molecule has 0 heterocycles. The molecule has 0 saturated heterocycles. The summed E-state index contributed by atoms with van der Waals surface area (Å²) in [5, 5.41) is 11.8. The van der Waals surface area contributed by atoms with Crippen LogP contribution in [0.5, 0.6) is 0 Å². The number of rotatable bonds is 59. The second-order valence-corrected chi connectivity index (χ2v) is 22.6. The Morgan fingerprint density at radius 2 is 0.651 bits per heavy atom. The molecule has 0 aliphatic heterocycles. The van der Waals surface area contributed by atoms with Crippen LogP contribution in [0.4, 0.5) is 0 Å². The first-order valence-electron chi connectivity index (χ1n) is 33.0. The number of hydrogen-bond donors (Lipinski definition) is 0. The molecule has 9 heteroatoms. The smallest absolute Gasteiger partial charge is 0.306 e. The van der Waals surface area contributed by atoms with Crippen molar-refractivity contribution < 1.29 is 42.9 Å². The quantitative estimate of drug-likeness (QED) is 0.0195. The third-order valence-electron chi connectivity index (χ3n) is 13.6. The maximum atomic E-state index is 12.9. The lowest BCUT2D eigenvalue weighted by Gasteiger charge is -2.26. The van der Waals surface area contributed by atoms with E-state index in [0.717, 1.165) is 128 Å². The van der Waals surface area contributed by atoms with E-state index in [4.69, 9.17) is 18.9 Å². The number of carbonyl (C=O) groups is 3. The molecule has 0 aliphatic carbocycles. The molecule has 0 radical (unpaired) electrons. The van der Waals surface area contributed by atoms with Crippen molar-refractivity contribution in [3.8, 4) is 0 Å². The Morgan fingerprint density at radius 1 is 0.361 bits per heavy atom. The Morgan fingerprint density at radius 3 is 0.964 bits per heavy atom. The van der Waals surface area contributed by atoms with Gasteiger partial charge in [0.25, 0.3) is 0 Å². The molecule has 470 valence electrons. The summed E-state index contributed by atoms with van der Waals surface area (Å²) in [4.78, 5) is 37.4. The lowest BCUT2D eigenvalue weighted by atomic mass is 10.0. The van der Waals surface area contributed by atoms with E-state index in [-0.39, 0.29) is 38.6 Å². The van der Waals surface area contributed by atoms with Gasteiger partial charge in [0, 0.05) is 12.8 Å². The van der Waals surface area contributed by atoms with Gasteiger partial charge in [-0.15, -0.1) is 0 Å². The Bertz CT molecular complexity index is 1870. The van der Waals surface area contributed by atoms with E-state index < -0.39 is 24.3 Å². The zero-order valence-corrected chi connectivity index (χ0v) is 53.5. The van der Waals surface area contributed by atoms with Crippen molar-refractivity contribution in [2.45, 2.75) is 257 Å². The van der Waals surface area contributed by atoms with Crippen molar-refractivity contribution >= 4 is 17.9 Å². The normalized spacial score (nSPS) is 13.7. The fourth-order valence-electron chi connectivity index (χ4n) is 8.60. The lowest BCUT2D eigenvalue weighted by Crippen LogP contribution is -2.44. The number of unbranched alkanes of at least 4 members (excludes halogenated alkanes) is 20. The first-order valence-corrected chi connectivity index (χ1v) is 33.0. The van der Waals surface area contributed by atoms with Crippen molar-refractivity contribution in [3.05, 3.63) is 146 Å². The number of likely N-dealkylation sites (N-methyl/N-ethyl adjacent to an activating group) is 1. The van der Waals surface area contributed by atoms with Crippen LogP contribution >= 0.6 is 0 Å². The van der Waals surface area contributed by atoms with Crippen molar-refractivity contribution in [1.29, 1.82) is 0 Å². The number of allylic oxidation sites excluding steroid dienone is 24. The molecule has 0 N–H and O–H groups in total. The van der Waals surface area contributed by atoms with Gasteiger partial charge in [-0.1, -0.05) is 262 Å². The summed E-state index contributed by atoms with van der Waals surface area (Å²) in [7, 11) is 5.91. The molecule has 0 amide bonds. The molecule has 0 aromatic rings. The Hall–Kier alpha value is -4.83. The summed E-state index contributed by atoms with van der Waals surface area (Å²) in [6.45, 7) is 4.50. The first-order chi connectivity index (χ1) is 40.6. The van der Waals surface area contributed by atoms with Crippen LogP contribution in [0.15, 0.2) is 146 Å². The molecule has 0 bridgehead atoms. The average molecular weight is 1150 g/mol. The van der Waals surface area contributed by atoms with E-state index in [1.807, 2.05) is 21.1 Å². The van der Waals surface area contributed by atoms with Crippen molar-refractivity contribution in [2.75, 3.05) is 47.5 Å². The van der Waals surface area contributed by atoms with E-state index in [1.165, 1.54) is 83.5 Å². The minimum atomic E-state index is -1.63. The van der Waals surface area contributed by atoms with Gasteiger partial charge in [0.2, 0.25) is 0 Å². The molecule has 0 aromatic heterocycles. The first kappa shape index (κ1) is 78.2. The van der Waals surface area contributed by atoms with Crippen LogP contribution in [-0.2, 0) is 33.3 Å². The largest absolute Gasteiger partial charge is 0.545 e. The predicted octanol–water partition coefficient (Wildman–Crippen LogP) is 19.0. The number of carbonyl (C=O) groups excluding carboxylic acids is 3. The van der Waals surface area contributed by atoms with Crippen molar-refractivity contribution in [3.63, 3.8) is 0 Å². The summed E-state index contributed by atoms with van der Waals surface area (Å²) in [5.41, 5.74) is 0. The van der Waals surface area contributed by atoms with Gasteiger partial charge < -0.3 is 33.3 Å². The molecule has 0 aromatic carbocycles. The third-order valence-corrected chi connectivity index (χ3v) is 13.6. The number of quaternary nitrogens is 1.